The number of thiophene rings is 1. The molecule has 0 amide bonds. The standard InChI is InChI=1S/C16H18ClNOS/c17-15-11-3-1-2-4-13(11)20-14(15)9-18-12-7-8-19-16(12)10-5-6-10/h1-4,10,12,16,18H,5-9H2. The number of benzene rings is 1. The van der Waals surface area contributed by atoms with Crippen LogP contribution in [0.25, 0.3) is 10.1 Å². The van der Waals surface area contributed by atoms with Crippen LogP contribution in [0.5, 0.6) is 0 Å². The van der Waals surface area contributed by atoms with Gasteiger partial charge in [0, 0.05) is 34.2 Å². The Morgan fingerprint density at radius 1 is 1.25 bits per heavy atom. The Balaban J connectivity index is 1.49. The van der Waals surface area contributed by atoms with Gasteiger partial charge in [-0.3, -0.25) is 0 Å². The van der Waals surface area contributed by atoms with E-state index in [4.69, 9.17) is 16.3 Å². The molecular weight excluding hydrogens is 290 g/mol. The molecule has 4 heteroatoms. The van der Waals surface area contributed by atoms with Crippen LogP contribution in [-0.4, -0.2) is 18.8 Å². The summed E-state index contributed by atoms with van der Waals surface area (Å²) in [6.07, 6.45) is 4.24. The molecule has 2 aromatic rings. The minimum Gasteiger partial charge on any atom is -0.376 e. The van der Waals surface area contributed by atoms with Crippen LogP contribution in [0.1, 0.15) is 24.1 Å². The molecule has 2 unspecified atom stereocenters. The van der Waals surface area contributed by atoms with Gasteiger partial charge in [0.05, 0.1) is 11.1 Å². The monoisotopic (exact) mass is 307 g/mol. The average Bonchev–Trinajstić information content (AvgIpc) is 3.13. The van der Waals surface area contributed by atoms with Crippen LogP contribution in [0.4, 0.5) is 0 Å². The Kier molecular flexibility index (Phi) is 3.47. The summed E-state index contributed by atoms with van der Waals surface area (Å²) in [5.74, 6) is 0.799. The maximum atomic E-state index is 6.49. The van der Waals surface area contributed by atoms with Crippen LogP contribution in [0, 0.1) is 5.92 Å². The van der Waals surface area contributed by atoms with Gasteiger partial charge in [-0.25, -0.2) is 0 Å². The van der Waals surface area contributed by atoms with Crippen molar-refractivity contribution in [3.8, 4) is 0 Å². The number of hydrogen-bond acceptors (Lipinski definition) is 3. The minimum atomic E-state index is 0.433. The van der Waals surface area contributed by atoms with Crippen molar-refractivity contribution >= 4 is 33.0 Å². The minimum absolute atomic E-state index is 0.433. The Hall–Kier alpha value is -0.610. The van der Waals surface area contributed by atoms with Gasteiger partial charge in [-0.2, -0.15) is 0 Å². The quantitative estimate of drug-likeness (QED) is 0.913. The molecule has 4 rings (SSSR count). The summed E-state index contributed by atoms with van der Waals surface area (Å²) >= 11 is 8.29. The lowest BCUT2D eigenvalue weighted by Crippen LogP contribution is -2.37. The Labute approximate surface area is 128 Å². The first-order valence-corrected chi connectivity index (χ1v) is 8.53. The van der Waals surface area contributed by atoms with Crippen molar-refractivity contribution in [2.45, 2.75) is 38.0 Å². The number of hydrogen-bond donors (Lipinski definition) is 1. The number of halogens is 1. The Bertz CT molecular complexity index is 622. The fourth-order valence-corrected chi connectivity index (χ4v) is 4.57. The highest BCUT2D eigenvalue weighted by Gasteiger charge is 2.40. The van der Waals surface area contributed by atoms with E-state index >= 15 is 0 Å². The molecule has 2 atom stereocenters. The molecule has 2 aliphatic rings. The summed E-state index contributed by atoms with van der Waals surface area (Å²) in [6, 6.07) is 8.86. The van der Waals surface area contributed by atoms with E-state index in [-0.39, 0.29) is 0 Å². The summed E-state index contributed by atoms with van der Waals surface area (Å²) in [5.41, 5.74) is 0. The molecule has 1 aliphatic carbocycles. The largest absolute Gasteiger partial charge is 0.376 e. The molecule has 1 saturated heterocycles. The van der Waals surface area contributed by atoms with E-state index in [9.17, 15) is 0 Å². The zero-order valence-electron chi connectivity index (χ0n) is 11.3. The summed E-state index contributed by atoms with van der Waals surface area (Å²) in [5, 5.41) is 5.77. The molecule has 2 heterocycles. The van der Waals surface area contributed by atoms with Crippen molar-refractivity contribution in [1.82, 2.24) is 5.32 Å². The third-order valence-electron chi connectivity index (χ3n) is 4.35. The third kappa shape index (κ3) is 2.37. The van der Waals surface area contributed by atoms with Crippen molar-refractivity contribution in [2.24, 2.45) is 5.92 Å². The lowest BCUT2D eigenvalue weighted by Gasteiger charge is -2.19. The lowest BCUT2D eigenvalue weighted by atomic mass is 10.1. The van der Waals surface area contributed by atoms with Crippen LogP contribution in [0.3, 0.4) is 0 Å². The molecule has 1 N–H and O–H groups in total. The van der Waals surface area contributed by atoms with E-state index < -0.39 is 0 Å². The van der Waals surface area contributed by atoms with Crippen molar-refractivity contribution in [1.29, 1.82) is 0 Å². The number of nitrogens with one attached hydrogen (secondary N) is 1. The maximum Gasteiger partial charge on any atom is 0.0757 e. The number of fused-ring (bicyclic) bond motifs is 1. The second-order valence-electron chi connectivity index (χ2n) is 5.78. The smallest absolute Gasteiger partial charge is 0.0757 e. The first-order chi connectivity index (χ1) is 9.83. The second-order valence-corrected chi connectivity index (χ2v) is 7.30. The zero-order chi connectivity index (χ0) is 13.5. The Morgan fingerprint density at radius 3 is 2.90 bits per heavy atom. The predicted molar refractivity (Wildman–Crippen MR) is 84.5 cm³/mol. The molecule has 0 bridgehead atoms. The van der Waals surface area contributed by atoms with E-state index in [1.54, 1.807) is 11.3 Å². The summed E-state index contributed by atoms with van der Waals surface area (Å²) in [7, 11) is 0. The van der Waals surface area contributed by atoms with Crippen LogP contribution in [-0.2, 0) is 11.3 Å². The van der Waals surface area contributed by atoms with E-state index in [0.717, 1.165) is 30.5 Å². The van der Waals surface area contributed by atoms with Crippen LogP contribution in [0.2, 0.25) is 5.02 Å². The summed E-state index contributed by atoms with van der Waals surface area (Å²) in [6.45, 7) is 1.76. The molecule has 1 aromatic heterocycles. The number of ether oxygens (including phenoxy) is 1. The van der Waals surface area contributed by atoms with Gasteiger partial charge in [-0.1, -0.05) is 29.8 Å². The van der Waals surface area contributed by atoms with E-state index in [1.165, 1.54) is 27.8 Å². The molecule has 106 valence electrons. The van der Waals surface area contributed by atoms with Crippen LogP contribution >= 0.6 is 22.9 Å². The van der Waals surface area contributed by atoms with Gasteiger partial charge in [0.1, 0.15) is 0 Å². The molecule has 0 spiro atoms. The lowest BCUT2D eigenvalue weighted by molar-refractivity contribution is 0.0809. The van der Waals surface area contributed by atoms with Gasteiger partial charge in [-0.05, 0) is 31.2 Å². The van der Waals surface area contributed by atoms with Crippen molar-refractivity contribution in [3.63, 3.8) is 0 Å². The number of rotatable bonds is 4. The van der Waals surface area contributed by atoms with Crippen LogP contribution in [0.15, 0.2) is 24.3 Å². The molecule has 1 aliphatic heterocycles. The zero-order valence-corrected chi connectivity index (χ0v) is 12.8. The molecule has 20 heavy (non-hydrogen) atoms. The summed E-state index contributed by atoms with van der Waals surface area (Å²) in [4.78, 5) is 1.24. The third-order valence-corrected chi connectivity index (χ3v) is 6.06. The highest BCUT2D eigenvalue weighted by molar-refractivity contribution is 7.19. The Morgan fingerprint density at radius 2 is 2.10 bits per heavy atom. The topological polar surface area (TPSA) is 21.3 Å². The fraction of sp³-hybridized carbons (Fsp3) is 0.500. The van der Waals surface area contributed by atoms with Gasteiger partial charge in [0.2, 0.25) is 0 Å². The molecular formula is C16H18ClNOS. The van der Waals surface area contributed by atoms with Crippen LogP contribution < -0.4 is 5.32 Å². The van der Waals surface area contributed by atoms with Gasteiger partial charge in [0.15, 0.2) is 0 Å². The van der Waals surface area contributed by atoms with E-state index in [2.05, 4.69) is 23.5 Å². The van der Waals surface area contributed by atoms with Crippen molar-refractivity contribution < 1.29 is 4.74 Å². The normalized spacial score (nSPS) is 26.4. The second kappa shape index (κ2) is 5.30. The first kappa shape index (κ1) is 13.1. The van der Waals surface area contributed by atoms with E-state index in [0.29, 0.717) is 12.1 Å². The summed E-state index contributed by atoms with van der Waals surface area (Å²) < 4.78 is 7.15. The highest BCUT2D eigenvalue weighted by atomic mass is 35.5. The molecule has 0 radical (unpaired) electrons. The van der Waals surface area contributed by atoms with E-state index in [1.807, 2.05) is 6.07 Å². The predicted octanol–water partition coefficient (Wildman–Crippen LogP) is 4.21. The SMILES string of the molecule is Clc1c(CNC2CCOC2C2CC2)sc2ccccc12. The van der Waals surface area contributed by atoms with Crippen molar-refractivity contribution in [3.05, 3.63) is 34.2 Å². The molecule has 1 aromatic carbocycles. The van der Waals surface area contributed by atoms with Gasteiger partial charge >= 0.3 is 0 Å². The van der Waals surface area contributed by atoms with Gasteiger partial charge in [0.25, 0.3) is 0 Å². The first-order valence-electron chi connectivity index (χ1n) is 7.34. The van der Waals surface area contributed by atoms with Gasteiger partial charge < -0.3 is 10.1 Å². The van der Waals surface area contributed by atoms with Crippen molar-refractivity contribution in [2.75, 3.05) is 6.61 Å². The molecule has 1 saturated carbocycles. The average molecular weight is 308 g/mol. The highest BCUT2D eigenvalue weighted by Crippen LogP contribution is 2.39. The molecule has 2 fully saturated rings. The van der Waals surface area contributed by atoms with Gasteiger partial charge in [-0.15, -0.1) is 11.3 Å². The maximum absolute atomic E-state index is 6.49. The fourth-order valence-electron chi connectivity index (χ4n) is 3.12. The molecule has 2 nitrogen and oxygen atoms in total.